The average molecular weight is 394 g/mol. The summed E-state index contributed by atoms with van der Waals surface area (Å²) < 4.78 is 42.2. The summed E-state index contributed by atoms with van der Waals surface area (Å²) >= 11 is 1.63. The van der Waals surface area contributed by atoms with Crippen molar-refractivity contribution >= 4 is 21.8 Å². The number of sulfonamides is 1. The van der Waals surface area contributed by atoms with Crippen LogP contribution in [-0.4, -0.2) is 31.6 Å². The highest BCUT2D eigenvalue weighted by molar-refractivity contribution is 7.99. The maximum Gasteiger partial charge on any atom is 0.243 e. The molecular weight excluding hydrogens is 369 g/mol. The van der Waals surface area contributed by atoms with E-state index in [0.29, 0.717) is 35.7 Å². The molecule has 0 N–H and O–H groups in total. The zero-order valence-electron chi connectivity index (χ0n) is 15.3. The van der Waals surface area contributed by atoms with Gasteiger partial charge < -0.3 is 0 Å². The van der Waals surface area contributed by atoms with Crippen molar-refractivity contribution in [1.29, 1.82) is 0 Å². The number of halogens is 1. The lowest BCUT2D eigenvalue weighted by Crippen LogP contribution is -2.34. The van der Waals surface area contributed by atoms with E-state index < -0.39 is 10.0 Å². The Morgan fingerprint density at radius 1 is 1.08 bits per heavy atom. The Hall–Kier alpha value is -1.37. The van der Waals surface area contributed by atoms with Crippen LogP contribution in [-0.2, 0) is 10.0 Å². The van der Waals surface area contributed by atoms with E-state index in [1.807, 2.05) is 39.0 Å². The molecule has 3 rings (SSSR count). The Kier molecular flexibility index (Phi) is 5.75. The van der Waals surface area contributed by atoms with Crippen LogP contribution in [0.15, 0.2) is 41.3 Å². The highest BCUT2D eigenvalue weighted by atomic mass is 32.2. The average Bonchev–Trinajstić information content (AvgIpc) is 2.80. The predicted molar refractivity (Wildman–Crippen MR) is 106 cm³/mol. The summed E-state index contributed by atoms with van der Waals surface area (Å²) in [6, 6.07) is 10.6. The van der Waals surface area contributed by atoms with E-state index in [0.717, 1.165) is 16.7 Å². The third-order valence-corrected chi connectivity index (χ3v) is 8.27. The normalized spacial score (nSPS) is 19.3. The standard InChI is InChI=1S/C20H24FNO2S2/c1-14-12-15(2)20(16(3)13-14)26(23,24)22-9-8-19(25-11-10-22)17-6-4-5-7-18(17)21/h4-7,12-13,19H,8-11H2,1-3H3. The van der Waals surface area contributed by atoms with E-state index >= 15 is 0 Å². The second kappa shape index (κ2) is 7.71. The molecule has 6 heteroatoms. The maximum atomic E-state index is 14.1. The van der Waals surface area contributed by atoms with Crippen LogP contribution in [0.2, 0.25) is 0 Å². The molecule has 1 saturated heterocycles. The zero-order valence-corrected chi connectivity index (χ0v) is 17.0. The van der Waals surface area contributed by atoms with Gasteiger partial charge in [0.25, 0.3) is 0 Å². The Morgan fingerprint density at radius 3 is 2.38 bits per heavy atom. The molecule has 2 aromatic rings. The van der Waals surface area contributed by atoms with E-state index in [9.17, 15) is 12.8 Å². The van der Waals surface area contributed by atoms with E-state index in [1.165, 1.54) is 6.07 Å². The first kappa shape index (κ1) is 19.4. The molecule has 26 heavy (non-hydrogen) atoms. The highest BCUT2D eigenvalue weighted by Crippen LogP contribution is 2.37. The zero-order chi connectivity index (χ0) is 18.9. The van der Waals surface area contributed by atoms with Gasteiger partial charge in [-0.25, -0.2) is 12.8 Å². The molecule has 0 aromatic heterocycles. The molecule has 0 aliphatic carbocycles. The highest BCUT2D eigenvalue weighted by Gasteiger charge is 2.31. The lowest BCUT2D eigenvalue weighted by molar-refractivity contribution is 0.426. The first-order chi connectivity index (χ1) is 12.3. The number of nitrogens with zero attached hydrogens (tertiary/aromatic N) is 1. The van der Waals surface area contributed by atoms with Gasteiger partial charge in [0.05, 0.1) is 4.90 Å². The van der Waals surface area contributed by atoms with Gasteiger partial charge in [0.2, 0.25) is 10.0 Å². The third kappa shape index (κ3) is 3.82. The van der Waals surface area contributed by atoms with Crippen molar-refractivity contribution in [1.82, 2.24) is 4.31 Å². The number of aryl methyl sites for hydroxylation is 3. The van der Waals surface area contributed by atoms with Gasteiger partial charge in [-0.3, -0.25) is 0 Å². The molecule has 140 valence electrons. The van der Waals surface area contributed by atoms with Crippen LogP contribution in [0.4, 0.5) is 4.39 Å². The molecule has 0 amide bonds. The first-order valence-electron chi connectivity index (χ1n) is 8.74. The third-order valence-electron chi connectivity index (χ3n) is 4.76. The summed E-state index contributed by atoms with van der Waals surface area (Å²) in [5.41, 5.74) is 3.29. The maximum absolute atomic E-state index is 14.1. The van der Waals surface area contributed by atoms with Gasteiger partial charge >= 0.3 is 0 Å². The van der Waals surface area contributed by atoms with Crippen molar-refractivity contribution < 1.29 is 12.8 Å². The number of hydrogen-bond acceptors (Lipinski definition) is 3. The second-order valence-electron chi connectivity index (χ2n) is 6.80. The summed E-state index contributed by atoms with van der Waals surface area (Å²) in [5.74, 6) is 0.439. The monoisotopic (exact) mass is 393 g/mol. The van der Waals surface area contributed by atoms with Crippen molar-refractivity contribution in [2.45, 2.75) is 37.3 Å². The molecule has 1 unspecified atom stereocenters. The fraction of sp³-hybridized carbons (Fsp3) is 0.400. The van der Waals surface area contributed by atoms with Crippen molar-refractivity contribution in [2.24, 2.45) is 0 Å². The number of benzene rings is 2. The molecule has 3 nitrogen and oxygen atoms in total. The number of thioether (sulfide) groups is 1. The van der Waals surface area contributed by atoms with E-state index in [4.69, 9.17) is 0 Å². The SMILES string of the molecule is Cc1cc(C)c(S(=O)(=O)N2CCSC(c3ccccc3F)CC2)c(C)c1. The van der Waals surface area contributed by atoms with Crippen LogP contribution < -0.4 is 0 Å². The molecule has 0 spiro atoms. The summed E-state index contributed by atoms with van der Waals surface area (Å²) in [6.07, 6.45) is 0.606. The van der Waals surface area contributed by atoms with E-state index in [2.05, 4.69) is 0 Å². The molecule has 1 atom stereocenters. The minimum absolute atomic E-state index is 0.0170. The fourth-order valence-electron chi connectivity index (χ4n) is 3.68. The van der Waals surface area contributed by atoms with Gasteiger partial charge in [0.15, 0.2) is 0 Å². The van der Waals surface area contributed by atoms with Crippen molar-refractivity contribution in [2.75, 3.05) is 18.8 Å². The molecule has 1 aliphatic rings. The van der Waals surface area contributed by atoms with Crippen LogP contribution >= 0.6 is 11.8 Å². The van der Waals surface area contributed by atoms with Gasteiger partial charge in [-0.05, 0) is 44.4 Å². The quantitative estimate of drug-likeness (QED) is 0.764. The van der Waals surface area contributed by atoms with Gasteiger partial charge in [0.1, 0.15) is 5.82 Å². The molecule has 2 aromatic carbocycles. The summed E-state index contributed by atoms with van der Waals surface area (Å²) in [6.45, 7) is 6.52. The predicted octanol–water partition coefficient (Wildman–Crippen LogP) is 4.62. The minimum atomic E-state index is -3.55. The summed E-state index contributed by atoms with van der Waals surface area (Å²) in [4.78, 5) is 0.414. The lowest BCUT2D eigenvalue weighted by Gasteiger charge is -2.22. The fourth-order valence-corrected chi connectivity index (χ4v) is 6.91. The van der Waals surface area contributed by atoms with Crippen LogP contribution in [0.5, 0.6) is 0 Å². The van der Waals surface area contributed by atoms with Crippen molar-refractivity contribution in [3.63, 3.8) is 0 Å². The number of hydrogen-bond donors (Lipinski definition) is 0. The van der Waals surface area contributed by atoms with E-state index in [-0.39, 0.29) is 11.1 Å². The van der Waals surface area contributed by atoms with Crippen LogP contribution in [0.3, 0.4) is 0 Å². The van der Waals surface area contributed by atoms with E-state index in [1.54, 1.807) is 28.2 Å². The number of rotatable bonds is 3. The van der Waals surface area contributed by atoms with Crippen molar-refractivity contribution in [3.05, 3.63) is 64.5 Å². The second-order valence-corrected chi connectivity index (χ2v) is 9.99. The molecule has 0 bridgehead atoms. The van der Waals surface area contributed by atoms with Crippen LogP contribution in [0.1, 0.15) is 33.9 Å². The molecule has 1 aliphatic heterocycles. The minimum Gasteiger partial charge on any atom is -0.207 e. The topological polar surface area (TPSA) is 37.4 Å². The molecule has 1 fully saturated rings. The van der Waals surface area contributed by atoms with Gasteiger partial charge in [-0.2, -0.15) is 16.1 Å². The van der Waals surface area contributed by atoms with Gasteiger partial charge in [-0.1, -0.05) is 35.9 Å². The van der Waals surface area contributed by atoms with Gasteiger partial charge in [-0.15, -0.1) is 0 Å². The molecule has 1 heterocycles. The Bertz CT molecular complexity index is 889. The molecule has 0 saturated carbocycles. The Morgan fingerprint density at radius 2 is 1.73 bits per heavy atom. The largest absolute Gasteiger partial charge is 0.243 e. The first-order valence-corrected chi connectivity index (χ1v) is 11.2. The van der Waals surface area contributed by atoms with Crippen LogP contribution in [0.25, 0.3) is 0 Å². The Balaban J connectivity index is 1.86. The van der Waals surface area contributed by atoms with Gasteiger partial charge in [0, 0.05) is 29.7 Å². The molecule has 0 radical (unpaired) electrons. The Labute approximate surface area is 159 Å². The summed E-state index contributed by atoms with van der Waals surface area (Å²) in [7, 11) is -3.55. The van der Waals surface area contributed by atoms with Crippen LogP contribution in [0, 0.1) is 26.6 Å². The summed E-state index contributed by atoms with van der Waals surface area (Å²) in [5, 5.41) is -0.0170. The van der Waals surface area contributed by atoms with Crippen molar-refractivity contribution in [3.8, 4) is 0 Å². The molecular formula is C20H24FNO2S2. The lowest BCUT2D eigenvalue weighted by atomic mass is 10.1. The smallest absolute Gasteiger partial charge is 0.207 e.